The highest BCUT2D eigenvalue weighted by atomic mass is 35.5. The van der Waals surface area contributed by atoms with Gasteiger partial charge in [-0.05, 0) is 44.4 Å². The Bertz CT molecular complexity index is 2010. The Balaban J connectivity index is 0.00000864. The van der Waals surface area contributed by atoms with E-state index in [2.05, 4.69) is 132 Å². The lowest BCUT2D eigenvalue weighted by Gasteiger charge is -2.27. The number of urea groups is 1. The van der Waals surface area contributed by atoms with E-state index in [-0.39, 0.29) is 47.3 Å². The van der Waals surface area contributed by atoms with Crippen LogP contribution >= 0.6 is 11.8 Å². The van der Waals surface area contributed by atoms with Crippen LogP contribution in [0.4, 0.5) is 16.2 Å². The number of nitrogens with zero attached hydrogens (tertiary/aromatic N) is 2. The molecule has 0 spiro atoms. The number of thioether (sulfide) groups is 1. The molecule has 4 aliphatic heterocycles. The van der Waals surface area contributed by atoms with Crippen molar-refractivity contribution in [2.45, 2.75) is 81.5 Å². The van der Waals surface area contributed by atoms with Gasteiger partial charge in [-0.15, -0.1) is 0 Å². The number of ether oxygens (including phenoxy) is 7. The van der Waals surface area contributed by atoms with Gasteiger partial charge in [-0.1, -0.05) is 74.9 Å². The van der Waals surface area contributed by atoms with Gasteiger partial charge >= 0.3 is 6.03 Å². The first-order valence-corrected chi connectivity index (χ1v) is 25.3. The van der Waals surface area contributed by atoms with Crippen molar-refractivity contribution in [2.24, 2.45) is 0 Å². The maximum absolute atomic E-state index is 12.3. The minimum Gasteiger partial charge on any atom is -1.00 e. The first kappa shape index (κ1) is 55.2. The van der Waals surface area contributed by atoms with E-state index < -0.39 is 0 Å². The third kappa shape index (κ3) is 15.6. The fraction of sp³-hybridized carbons (Fsp3) is 0.596. The summed E-state index contributed by atoms with van der Waals surface area (Å²) in [4.78, 5) is 26.2. The molecule has 2 saturated heterocycles. The first-order chi connectivity index (χ1) is 32.6. The molecule has 0 saturated carbocycles. The topological polar surface area (TPSA) is 141 Å². The third-order valence-electron chi connectivity index (χ3n) is 12.8. The molecule has 376 valence electrons. The van der Waals surface area contributed by atoms with E-state index in [9.17, 15) is 9.59 Å². The number of halogens is 1. The molecule has 0 radical (unpaired) electrons. The van der Waals surface area contributed by atoms with Crippen LogP contribution in [0.15, 0.2) is 84.6 Å². The number of fused-ring (bicyclic) bond motifs is 3. The molecule has 68 heavy (non-hydrogen) atoms. The number of hydrogen-bond donors (Lipinski definition) is 3. The standard InChI is InChI=1S/C52H75N5O9S.ClH/c1-51(2)40-15-9-11-17-43(40)56(24-27-62-32-35-65-34-31-61-26-23-53-48(58)22-14-13-19-45-49-42(39-67-45)54-50(59)55-49)46(51)20-7-6-8-21-47-52(3,4)41-16-10-12-18-44(41)57(47)25-28-63-33-36-66-38-37-64-30-29-60-5;/h6-12,15-18,20-21,42,45,49H,13-14,19,22-39H2,1-5H3,(H2-,53,54,55,58,59);1H/t42-,45+,49-;/m0./s1. The van der Waals surface area contributed by atoms with Crippen molar-refractivity contribution in [1.29, 1.82) is 0 Å². The Morgan fingerprint density at radius 2 is 1.40 bits per heavy atom. The Kier molecular flexibility index (Phi) is 23.4. The van der Waals surface area contributed by atoms with Gasteiger partial charge in [0, 0.05) is 72.1 Å². The van der Waals surface area contributed by atoms with Gasteiger partial charge in [0.2, 0.25) is 11.6 Å². The minimum absolute atomic E-state index is 0. The molecule has 0 aromatic heterocycles. The van der Waals surface area contributed by atoms with Crippen LogP contribution in [0.2, 0.25) is 0 Å². The second-order valence-corrected chi connectivity index (χ2v) is 19.4. The number of benzene rings is 2. The molecule has 4 aliphatic rings. The van der Waals surface area contributed by atoms with Gasteiger partial charge in [-0.2, -0.15) is 16.3 Å². The van der Waals surface area contributed by atoms with Crippen LogP contribution in [0.5, 0.6) is 0 Å². The predicted octanol–water partition coefficient (Wildman–Crippen LogP) is 3.45. The molecule has 2 aromatic carbocycles. The number of anilines is 1. The molecule has 3 atom stereocenters. The lowest BCUT2D eigenvalue weighted by atomic mass is 9.81. The molecule has 2 fully saturated rings. The van der Waals surface area contributed by atoms with Gasteiger partial charge in [0.05, 0.1) is 96.8 Å². The van der Waals surface area contributed by atoms with Crippen molar-refractivity contribution in [2.75, 3.05) is 123 Å². The highest BCUT2D eigenvalue weighted by Gasteiger charge is 2.44. The maximum atomic E-state index is 12.3. The summed E-state index contributed by atoms with van der Waals surface area (Å²) in [5.41, 5.74) is 7.18. The fourth-order valence-electron chi connectivity index (χ4n) is 9.28. The van der Waals surface area contributed by atoms with E-state index in [1.165, 1.54) is 33.9 Å². The van der Waals surface area contributed by atoms with Crippen LogP contribution < -0.4 is 33.3 Å². The smallest absolute Gasteiger partial charge is 0.315 e. The van der Waals surface area contributed by atoms with Gasteiger partial charge in [0.25, 0.3) is 0 Å². The van der Waals surface area contributed by atoms with E-state index in [4.69, 9.17) is 33.2 Å². The van der Waals surface area contributed by atoms with Crippen molar-refractivity contribution in [3.8, 4) is 0 Å². The van der Waals surface area contributed by atoms with Crippen molar-refractivity contribution in [3.63, 3.8) is 0 Å². The van der Waals surface area contributed by atoms with Crippen molar-refractivity contribution in [3.05, 3.63) is 95.7 Å². The summed E-state index contributed by atoms with van der Waals surface area (Å²) in [6, 6.07) is 17.7. The lowest BCUT2D eigenvalue weighted by Crippen LogP contribution is -3.00. The number of rotatable bonds is 32. The summed E-state index contributed by atoms with van der Waals surface area (Å²) in [6.07, 6.45) is 14.2. The molecule has 4 heterocycles. The largest absolute Gasteiger partial charge is 1.00 e. The second-order valence-electron chi connectivity index (χ2n) is 18.2. The number of para-hydroxylation sites is 2. The van der Waals surface area contributed by atoms with Crippen LogP contribution in [0.3, 0.4) is 0 Å². The van der Waals surface area contributed by atoms with Crippen LogP contribution in [-0.4, -0.2) is 158 Å². The summed E-state index contributed by atoms with van der Waals surface area (Å²) >= 11 is 1.91. The molecule has 16 heteroatoms. The lowest BCUT2D eigenvalue weighted by molar-refractivity contribution is -0.442. The number of methoxy groups -OCH3 is 1. The number of amides is 3. The highest BCUT2D eigenvalue weighted by molar-refractivity contribution is 8.00. The molecule has 14 nitrogen and oxygen atoms in total. The number of carbonyl (C=O) groups excluding carboxylic acids is 2. The van der Waals surface area contributed by atoms with Gasteiger partial charge in [0.15, 0.2) is 12.3 Å². The molecule has 0 unspecified atom stereocenters. The Morgan fingerprint density at radius 1 is 0.765 bits per heavy atom. The first-order valence-electron chi connectivity index (χ1n) is 24.2. The summed E-state index contributed by atoms with van der Waals surface area (Å²) in [7, 11) is 1.66. The van der Waals surface area contributed by atoms with Gasteiger partial charge in [0.1, 0.15) is 6.61 Å². The van der Waals surface area contributed by atoms with Gasteiger partial charge < -0.3 is 66.4 Å². The highest BCUT2D eigenvalue weighted by Crippen LogP contribution is 2.47. The van der Waals surface area contributed by atoms with Crippen LogP contribution in [0.25, 0.3) is 0 Å². The number of allylic oxidation sites excluding steroid dienone is 6. The van der Waals surface area contributed by atoms with E-state index >= 15 is 0 Å². The Hall–Kier alpha value is -3.77. The summed E-state index contributed by atoms with van der Waals surface area (Å²) < 4.78 is 42.0. The van der Waals surface area contributed by atoms with Crippen molar-refractivity contribution < 1.29 is 59.7 Å². The molecule has 0 bridgehead atoms. The van der Waals surface area contributed by atoms with Crippen LogP contribution in [0, 0.1) is 0 Å². The van der Waals surface area contributed by atoms with E-state index in [0.29, 0.717) is 104 Å². The summed E-state index contributed by atoms with van der Waals surface area (Å²) in [6.45, 7) is 17.9. The molecule has 3 N–H and O–H groups in total. The predicted molar refractivity (Wildman–Crippen MR) is 266 cm³/mol. The fourth-order valence-corrected chi connectivity index (χ4v) is 10.8. The zero-order chi connectivity index (χ0) is 47.3. The summed E-state index contributed by atoms with van der Waals surface area (Å²) in [5.74, 6) is 1.01. The average molecular weight is 983 g/mol. The Morgan fingerprint density at radius 3 is 2.12 bits per heavy atom. The van der Waals surface area contributed by atoms with Gasteiger partial charge in [-0.25, -0.2) is 4.79 Å². The molecular formula is C52H76ClN5O9S. The SMILES string of the molecule is COCCOCCOCCOCCN1\C(=C/C=C/C=C/C2=[N+](CCOCCOCCOCCNC(=O)CCCC[C@H]3SC[C@@H]4NC(=O)N[C@@H]43)c3ccccc3C2(C)C)C(C)(C)c2ccccc21.[Cl-]. The zero-order valence-corrected chi connectivity index (χ0v) is 42.5. The molecule has 2 aromatic rings. The maximum Gasteiger partial charge on any atom is 0.315 e. The minimum atomic E-state index is -0.173. The van der Waals surface area contributed by atoms with Crippen LogP contribution in [-0.2, 0) is 48.8 Å². The normalized spacial score (nSPS) is 20.5. The van der Waals surface area contributed by atoms with E-state index in [1.54, 1.807) is 7.11 Å². The number of unbranched alkanes of at least 4 members (excludes halogenated alkanes) is 1. The van der Waals surface area contributed by atoms with E-state index in [0.717, 1.165) is 38.1 Å². The quantitative estimate of drug-likeness (QED) is 0.0430. The third-order valence-corrected chi connectivity index (χ3v) is 14.3. The molecule has 6 rings (SSSR count). The van der Waals surface area contributed by atoms with Gasteiger partial charge in [-0.3, -0.25) is 4.79 Å². The number of carbonyl (C=O) groups is 2. The molecule has 3 amide bonds. The van der Waals surface area contributed by atoms with Crippen molar-refractivity contribution in [1.82, 2.24) is 16.0 Å². The second kappa shape index (κ2) is 28.8. The number of hydrogen-bond acceptors (Lipinski definition) is 11. The van der Waals surface area contributed by atoms with E-state index in [1.807, 2.05) is 11.8 Å². The summed E-state index contributed by atoms with van der Waals surface area (Å²) in [5, 5.41) is 9.37. The van der Waals surface area contributed by atoms with Crippen molar-refractivity contribution >= 4 is 40.8 Å². The monoisotopic (exact) mass is 982 g/mol. The number of nitrogens with one attached hydrogen (secondary N) is 3. The van der Waals surface area contributed by atoms with Crippen LogP contribution in [0.1, 0.15) is 64.5 Å². The Labute approximate surface area is 415 Å². The molecular weight excluding hydrogens is 906 g/mol. The zero-order valence-electron chi connectivity index (χ0n) is 40.9. The molecule has 0 aliphatic carbocycles. The average Bonchev–Trinajstić information content (AvgIpc) is 4.00.